The molecule has 5 nitrogen and oxygen atoms in total. The predicted octanol–water partition coefficient (Wildman–Crippen LogP) is 4.81. The van der Waals surface area contributed by atoms with Crippen molar-refractivity contribution in [2.45, 2.75) is 25.7 Å². The summed E-state index contributed by atoms with van der Waals surface area (Å²) in [6.45, 7) is 1.88. The predicted molar refractivity (Wildman–Crippen MR) is 112 cm³/mol. The molecule has 2 heterocycles. The van der Waals surface area contributed by atoms with Gasteiger partial charge in [-0.05, 0) is 73.6 Å². The summed E-state index contributed by atoms with van der Waals surface area (Å²) in [6, 6.07) is 18.0. The molecule has 142 valence electrons. The van der Waals surface area contributed by atoms with E-state index in [9.17, 15) is 5.11 Å². The highest BCUT2D eigenvalue weighted by molar-refractivity contribution is 5.68. The number of phenols is 1. The van der Waals surface area contributed by atoms with E-state index < -0.39 is 0 Å². The fraction of sp³-hybridized carbons (Fsp3) is 0.304. The molecule has 1 aliphatic carbocycles. The highest BCUT2D eigenvalue weighted by atomic mass is 16.3. The van der Waals surface area contributed by atoms with Crippen molar-refractivity contribution in [3.8, 4) is 5.75 Å². The number of nitrogens with zero attached hydrogens (tertiary/aromatic N) is 4. The van der Waals surface area contributed by atoms with Crippen LogP contribution in [-0.4, -0.2) is 28.2 Å². The van der Waals surface area contributed by atoms with E-state index in [1.54, 1.807) is 6.07 Å². The smallest absolute Gasteiger partial charge is 0.231 e. The van der Waals surface area contributed by atoms with Gasteiger partial charge in [-0.1, -0.05) is 18.2 Å². The zero-order valence-electron chi connectivity index (χ0n) is 15.8. The Hall–Kier alpha value is -3.08. The van der Waals surface area contributed by atoms with Crippen LogP contribution in [0.3, 0.4) is 0 Å². The lowest BCUT2D eigenvalue weighted by atomic mass is 10.0. The molecular weight excluding hydrogens is 348 g/mol. The van der Waals surface area contributed by atoms with Crippen LogP contribution in [-0.2, 0) is 6.42 Å². The number of hydrogen-bond donors (Lipinski definition) is 1. The van der Waals surface area contributed by atoms with Gasteiger partial charge in [-0.15, -0.1) is 0 Å². The molecule has 1 N–H and O–H groups in total. The van der Waals surface area contributed by atoms with E-state index in [4.69, 9.17) is 4.98 Å². The Balaban J connectivity index is 1.51. The highest BCUT2D eigenvalue weighted by Gasteiger charge is 2.27. The summed E-state index contributed by atoms with van der Waals surface area (Å²) in [5.74, 6) is 2.71. The minimum absolute atomic E-state index is 0.323. The van der Waals surface area contributed by atoms with E-state index >= 15 is 0 Å². The third-order valence-electron chi connectivity index (χ3n) is 5.53. The third kappa shape index (κ3) is 3.40. The maximum Gasteiger partial charge on any atom is 0.231 e. The summed E-state index contributed by atoms with van der Waals surface area (Å²) in [4.78, 5) is 14.0. The van der Waals surface area contributed by atoms with E-state index in [-0.39, 0.29) is 0 Å². The zero-order chi connectivity index (χ0) is 18.9. The average molecular weight is 372 g/mol. The lowest BCUT2D eigenvalue weighted by Crippen LogP contribution is -2.27. The molecular formula is C23H24N4O. The molecule has 0 amide bonds. The van der Waals surface area contributed by atoms with Gasteiger partial charge < -0.3 is 14.9 Å². The number of rotatable bonds is 5. The van der Waals surface area contributed by atoms with Gasteiger partial charge in [-0.3, -0.25) is 0 Å². The van der Waals surface area contributed by atoms with E-state index in [0.717, 1.165) is 55.0 Å². The number of aryl methyl sites for hydroxylation is 1. The Bertz CT molecular complexity index is 971. The fourth-order valence-corrected chi connectivity index (χ4v) is 3.91. The molecule has 1 saturated carbocycles. The Labute approximate surface area is 165 Å². The summed E-state index contributed by atoms with van der Waals surface area (Å²) in [6.07, 6.45) is 6.45. The second-order valence-electron chi connectivity index (χ2n) is 7.67. The number of aromatic nitrogens is 2. The number of para-hydroxylation sites is 1. The van der Waals surface area contributed by atoms with E-state index in [2.05, 4.69) is 39.0 Å². The van der Waals surface area contributed by atoms with Crippen LogP contribution in [0.1, 0.15) is 24.8 Å². The molecule has 5 rings (SSSR count). The molecule has 2 aliphatic rings. The van der Waals surface area contributed by atoms with Crippen LogP contribution in [0.15, 0.2) is 60.8 Å². The molecule has 0 radical (unpaired) electrons. The van der Waals surface area contributed by atoms with Crippen LogP contribution >= 0.6 is 0 Å². The van der Waals surface area contributed by atoms with Crippen LogP contribution in [0.4, 0.5) is 23.1 Å². The van der Waals surface area contributed by atoms with Gasteiger partial charge in [0.05, 0.1) is 0 Å². The Kier molecular flexibility index (Phi) is 4.35. The fourth-order valence-electron chi connectivity index (χ4n) is 3.91. The first kappa shape index (κ1) is 17.0. The maximum absolute atomic E-state index is 9.83. The van der Waals surface area contributed by atoms with Crippen molar-refractivity contribution in [2.24, 2.45) is 5.92 Å². The summed E-state index contributed by atoms with van der Waals surface area (Å²) in [7, 11) is 0. The first-order valence-electron chi connectivity index (χ1n) is 10.0. The monoisotopic (exact) mass is 372 g/mol. The number of hydrogen-bond acceptors (Lipinski definition) is 5. The molecule has 0 saturated heterocycles. The lowest BCUT2D eigenvalue weighted by Gasteiger charge is -2.31. The topological polar surface area (TPSA) is 52.5 Å². The third-order valence-corrected chi connectivity index (χ3v) is 5.53. The summed E-state index contributed by atoms with van der Waals surface area (Å²) < 4.78 is 0. The summed E-state index contributed by atoms with van der Waals surface area (Å²) >= 11 is 0. The van der Waals surface area contributed by atoms with E-state index in [0.29, 0.717) is 5.75 Å². The number of anilines is 4. The molecule has 0 atom stereocenters. The Morgan fingerprint density at radius 1 is 1.07 bits per heavy atom. The van der Waals surface area contributed by atoms with Crippen LogP contribution in [0, 0.1) is 5.92 Å². The number of fused-ring (bicyclic) bond motifs is 1. The molecule has 0 spiro atoms. The summed E-state index contributed by atoms with van der Waals surface area (Å²) in [5, 5.41) is 9.83. The second kappa shape index (κ2) is 7.15. The van der Waals surface area contributed by atoms with E-state index in [1.165, 1.54) is 18.4 Å². The molecule has 1 aliphatic heterocycles. The molecule has 28 heavy (non-hydrogen) atoms. The van der Waals surface area contributed by atoms with Gasteiger partial charge in [0.2, 0.25) is 5.95 Å². The number of phenolic OH excluding ortho intramolecular Hbond substituents is 1. The van der Waals surface area contributed by atoms with Gasteiger partial charge in [0, 0.05) is 30.7 Å². The molecule has 2 aromatic carbocycles. The van der Waals surface area contributed by atoms with Gasteiger partial charge in [-0.25, -0.2) is 4.98 Å². The molecule has 0 unspecified atom stereocenters. The Morgan fingerprint density at radius 3 is 2.75 bits per heavy atom. The highest BCUT2D eigenvalue weighted by Crippen LogP contribution is 2.37. The van der Waals surface area contributed by atoms with Crippen molar-refractivity contribution in [1.29, 1.82) is 0 Å². The van der Waals surface area contributed by atoms with Crippen molar-refractivity contribution < 1.29 is 5.11 Å². The lowest BCUT2D eigenvalue weighted by molar-refractivity contribution is 0.474. The van der Waals surface area contributed by atoms with Gasteiger partial charge >= 0.3 is 0 Å². The zero-order valence-corrected chi connectivity index (χ0v) is 15.8. The summed E-state index contributed by atoms with van der Waals surface area (Å²) in [5.41, 5.74) is 3.43. The maximum atomic E-state index is 9.83. The van der Waals surface area contributed by atoms with Crippen LogP contribution in [0.2, 0.25) is 0 Å². The molecule has 3 aromatic rings. The molecule has 5 heteroatoms. The minimum atomic E-state index is 0.323. The largest absolute Gasteiger partial charge is 0.508 e. The van der Waals surface area contributed by atoms with Gasteiger partial charge in [0.15, 0.2) is 0 Å². The first-order valence-corrected chi connectivity index (χ1v) is 10.0. The van der Waals surface area contributed by atoms with Crippen molar-refractivity contribution >= 4 is 23.1 Å². The molecule has 1 aromatic heterocycles. The van der Waals surface area contributed by atoms with Crippen LogP contribution < -0.4 is 9.80 Å². The van der Waals surface area contributed by atoms with Crippen molar-refractivity contribution in [2.75, 3.05) is 22.9 Å². The molecule has 1 fully saturated rings. The van der Waals surface area contributed by atoms with Crippen molar-refractivity contribution in [3.63, 3.8) is 0 Å². The standard InChI is InChI=1S/C23H24N4O/c28-20-10-11-21-18(15-20)5-4-14-26(21)22-12-13-24-23(25-22)27(16-17-8-9-17)19-6-2-1-3-7-19/h1-3,6-7,10-13,15,17,28H,4-5,8-9,14,16H2. The number of aromatic hydroxyl groups is 1. The van der Waals surface area contributed by atoms with Gasteiger partial charge in [0.25, 0.3) is 0 Å². The van der Waals surface area contributed by atoms with Gasteiger partial charge in [0.1, 0.15) is 11.6 Å². The SMILES string of the molecule is Oc1ccc2c(c1)CCCN2c1ccnc(N(CC2CC2)c2ccccc2)n1. The van der Waals surface area contributed by atoms with Crippen LogP contribution in [0.25, 0.3) is 0 Å². The van der Waals surface area contributed by atoms with Crippen molar-refractivity contribution in [3.05, 3.63) is 66.4 Å². The van der Waals surface area contributed by atoms with Crippen molar-refractivity contribution in [1.82, 2.24) is 9.97 Å². The quantitative estimate of drug-likeness (QED) is 0.696. The van der Waals surface area contributed by atoms with E-state index in [1.807, 2.05) is 30.5 Å². The van der Waals surface area contributed by atoms with Crippen LogP contribution in [0.5, 0.6) is 5.75 Å². The first-order chi connectivity index (χ1) is 13.8. The normalized spacial score (nSPS) is 15.9. The number of benzene rings is 2. The molecule has 0 bridgehead atoms. The average Bonchev–Trinajstić information content (AvgIpc) is 3.56. The second-order valence-corrected chi connectivity index (χ2v) is 7.67. The Morgan fingerprint density at radius 2 is 1.93 bits per heavy atom. The van der Waals surface area contributed by atoms with Gasteiger partial charge in [-0.2, -0.15) is 4.98 Å². The minimum Gasteiger partial charge on any atom is -0.508 e.